The molecule has 0 unspecified atom stereocenters. The predicted molar refractivity (Wildman–Crippen MR) is 169 cm³/mol. The molecule has 0 fully saturated rings. The fourth-order valence-electron chi connectivity index (χ4n) is 5.89. The summed E-state index contributed by atoms with van der Waals surface area (Å²) in [7, 11) is -3.61. The summed E-state index contributed by atoms with van der Waals surface area (Å²) in [5, 5.41) is 0.596. The van der Waals surface area contributed by atoms with Gasteiger partial charge in [-0.3, -0.25) is 14.5 Å². The van der Waals surface area contributed by atoms with E-state index in [1.807, 2.05) is 72.8 Å². The van der Waals surface area contributed by atoms with E-state index in [9.17, 15) is 13.2 Å². The van der Waals surface area contributed by atoms with Crippen molar-refractivity contribution in [1.82, 2.24) is 4.72 Å². The number of carbonyl (C=O) groups is 1. The molecule has 3 heterocycles. The number of nitrogens with zero attached hydrogens (tertiary/aromatic N) is 2. The van der Waals surface area contributed by atoms with Crippen LogP contribution in [-0.4, -0.2) is 32.2 Å². The van der Waals surface area contributed by atoms with Crippen molar-refractivity contribution < 1.29 is 13.2 Å². The zero-order chi connectivity index (χ0) is 28.2. The Balaban J connectivity index is 1.63. The first-order valence-electron chi connectivity index (χ1n) is 12.6. The van der Waals surface area contributed by atoms with E-state index in [-0.39, 0.29) is 11.2 Å². The normalized spacial score (nSPS) is 23.7. The van der Waals surface area contributed by atoms with Gasteiger partial charge in [-0.05, 0) is 41.5 Å². The Labute approximate surface area is 255 Å². The number of anilines is 1. The molecular weight excluding hydrogens is 674 g/mol. The van der Waals surface area contributed by atoms with E-state index in [0.29, 0.717) is 23.7 Å². The van der Waals surface area contributed by atoms with Gasteiger partial charge in [0.15, 0.2) is 5.54 Å². The highest BCUT2D eigenvalue weighted by atomic mass is 79.9. The van der Waals surface area contributed by atoms with Crippen LogP contribution in [0.4, 0.5) is 5.69 Å². The number of benzene rings is 3. The van der Waals surface area contributed by atoms with Gasteiger partial charge in [0.2, 0.25) is 10.0 Å². The molecule has 6 rings (SSSR count). The Hall–Kier alpha value is -2.66. The molecule has 0 saturated carbocycles. The third-order valence-corrected chi connectivity index (χ3v) is 10.4. The predicted octanol–water partition coefficient (Wildman–Crippen LogP) is 6.82. The molecule has 3 atom stereocenters. The number of para-hydroxylation sites is 1. The van der Waals surface area contributed by atoms with Crippen molar-refractivity contribution in [3.8, 4) is 0 Å². The lowest BCUT2D eigenvalue weighted by atomic mass is 9.73. The highest BCUT2D eigenvalue weighted by Gasteiger charge is 2.62. The number of rotatable bonds is 6. The highest BCUT2D eigenvalue weighted by molar-refractivity contribution is 9.10. The molecule has 1 N–H and O–H groups in total. The van der Waals surface area contributed by atoms with Crippen molar-refractivity contribution in [2.45, 2.75) is 23.1 Å². The molecule has 3 aliphatic rings. The van der Waals surface area contributed by atoms with Gasteiger partial charge in [0.1, 0.15) is 0 Å². The zero-order valence-corrected chi connectivity index (χ0v) is 26.3. The van der Waals surface area contributed by atoms with Crippen LogP contribution in [0.3, 0.4) is 0 Å². The quantitative estimate of drug-likeness (QED) is 0.287. The van der Waals surface area contributed by atoms with E-state index in [2.05, 4.69) is 43.2 Å². The van der Waals surface area contributed by atoms with Crippen molar-refractivity contribution in [2.75, 3.05) is 17.7 Å². The second-order valence-corrected chi connectivity index (χ2v) is 14.8. The molecule has 0 bridgehead atoms. The molecule has 0 aliphatic carbocycles. The maximum atomic E-state index is 14.5. The van der Waals surface area contributed by atoms with Gasteiger partial charge in [0.25, 0.3) is 5.91 Å². The third-order valence-electron chi connectivity index (χ3n) is 7.43. The largest absolute Gasteiger partial charge is 0.306 e. The average molecular weight is 699 g/mol. The second kappa shape index (κ2) is 10.3. The molecule has 3 aromatic carbocycles. The topological polar surface area (TPSA) is 78.8 Å². The van der Waals surface area contributed by atoms with Crippen LogP contribution in [0, 0.1) is 0 Å². The van der Waals surface area contributed by atoms with Gasteiger partial charge < -0.3 is 4.90 Å². The average Bonchev–Trinajstić information content (AvgIpc) is 3.38. The minimum Gasteiger partial charge on any atom is -0.306 e. The molecule has 1 amide bonds. The Morgan fingerprint density at radius 2 is 1.68 bits per heavy atom. The molecular formula is C30H25Br2N3O3S2. The summed E-state index contributed by atoms with van der Waals surface area (Å²) in [6, 6.07) is 23.6. The van der Waals surface area contributed by atoms with Gasteiger partial charge in [-0.1, -0.05) is 92.2 Å². The van der Waals surface area contributed by atoms with E-state index in [0.717, 1.165) is 43.2 Å². The molecule has 40 heavy (non-hydrogen) atoms. The number of nitrogens with one attached hydrogen (secondary N) is 1. The lowest BCUT2D eigenvalue weighted by Crippen LogP contribution is -2.42. The van der Waals surface area contributed by atoms with Crippen LogP contribution in [0.15, 0.2) is 111 Å². The minimum absolute atomic E-state index is 0.0865. The van der Waals surface area contributed by atoms with Crippen LogP contribution in [-0.2, 0) is 20.4 Å². The Bertz CT molecular complexity index is 1700. The Kier molecular flexibility index (Phi) is 7.09. The molecule has 3 aliphatic heterocycles. The van der Waals surface area contributed by atoms with Crippen LogP contribution in [0.25, 0.3) is 0 Å². The summed E-state index contributed by atoms with van der Waals surface area (Å²) in [6.07, 6.45) is 3.32. The van der Waals surface area contributed by atoms with Crippen molar-refractivity contribution >= 4 is 70.3 Å². The smallest absolute Gasteiger partial charge is 0.260 e. The van der Waals surface area contributed by atoms with E-state index in [1.165, 1.54) is 0 Å². The molecule has 3 aromatic rings. The number of hydrogen-bond acceptors (Lipinski definition) is 5. The number of allylic oxidation sites excluding steroid dienone is 1. The minimum atomic E-state index is -3.61. The molecule has 0 aromatic heterocycles. The van der Waals surface area contributed by atoms with Gasteiger partial charge in [0, 0.05) is 44.0 Å². The molecule has 10 heteroatoms. The highest BCUT2D eigenvalue weighted by Crippen LogP contribution is 2.61. The van der Waals surface area contributed by atoms with Crippen molar-refractivity contribution in [3.05, 3.63) is 122 Å². The van der Waals surface area contributed by atoms with Crippen LogP contribution in [0.1, 0.15) is 34.3 Å². The summed E-state index contributed by atoms with van der Waals surface area (Å²) in [6.45, 7) is 4.22. The molecule has 1 spiro atoms. The van der Waals surface area contributed by atoms with E-state index < -0.39 is 21.5 Å². The summed E-state index contributed by atoms with van der Waals surface area (Å²) in [5.41, 5.74) is 3.60. The lowest BCUT2D eigenvalue weighted by Gasteiger charge is -2.32. The maximum Gasteiger partial charge on any atom is 0.260 e. The molecule has 0 saturated heterocycles. The van der Waals surface area contributed by atoms with Crippen LogP contribution in [0.5, 0.6) is 0 Å². The van der Waals surface area contributed by atoms with Crippen molar-refractivity contribution in [2.24, 2.45) is 4.99 Å². The number of sulfonamides is 1. The fraction of sp³-hybridized carbons (Fsp3) is 0.200. The standard InChI is InChI=1S/C30H25Br2N3O3S2/c1-3-16-35-24-7-5-4-6-22(24)30(29(35)36)27(19-10-14-21(32)15-11-19)26-23(34-40(2,37)38)17-25(39-28(26)33-30)18-8-12-20(31)13-9-18/h3-15,25,27,34H,1,16-17H2,2H3/t25-,27+,30-/m0/s1. The second-order valence-electron chi connectivity index (χ2n) is 10.0. The monoisotopic (exact) mass is 697 g/mol. The van der Waals surface area contributed by atoms with Crippen LogP contribution in [0.2, 0.25) is 0 Å². The zero-order valence-electron chi connectivity index (χ0n) is 21.5. The van der Waals surface area contributed by atoms with E-state index >= 15 is 0 Å². The summed E-state index contributed by atoms with van der Waals surface area (Å²) < 4.78 is 30.1. The first kappa shape index (κ1) is 27.5. The molecule has 0 radical (unpaired) electrons. The van der Waals surface area contributed by atoms with Gasteiger partial charge >= 0.3 is 0 Å². The first-order valence-corrected chi connectivity index (χ1v) is 17.0. The van der Waals surface area contributed by atoms with Crippen molar-refractivity contribution in [3.63, 3.8) is 0 Å². The van der Waals surface area contributed by atoms with Gasteiger partial charge in [-0.25, -0.2) is 8.42 Å². The summed E-state index contributed by atoms with van der Waals surface area (Å²) in [4.78, 5) is 21.6. The number of carbonyl (C=O) groups excluding carboxylic acids is 1. The Morgan fingerprint density at radius 3 is 2.30 bits per heavy atom. The third kappa shape index (κ3) is 4.58. The number of aliphatic imine (C=N–C) groups is 1. The number of thioether (sulfide) groups is 1. The van der Waals surface area contributed by atoms with Gasteiger partial charge in [0.05, 0.1) is 22.9 Å². The number of hydrogen-bond donors (Lipinski definition) is 1. The van der Waals surface area contributed by atoms with E-state index in [4.69, 9.17) is 4.99 Å². The number of halogens is 2. The first-order chi connectivity index (χ1) is 19.1. The van der Waals surface area contributed by atoms with Gasteiger partial charge in [-0.15, -0.1) is 6.58 Å². The SMILES string of the molecule is C=CCN1C(=O)[C@]2(N=C3S[C@H](c4ccc(Br)cc4)CC(NS(C)(=O)=O)=C3[C@H]2c2ccc(Br)cc2)c2ccccc21. The number of amides is 1. The molecule has 6 nitrogen and oxygen atoms in total. The maximum absolute atomic E-state index is 14.5. The lowest BCUT2D eigenvalue weighted by molar-refractivity contribution is -0.123. The summed E-state index contributed by atoms with van der Waals surface area (Å²) >= 11 is 8.62. The van der Waals surface area contributed by atoms with Gasteiger partial charge in [-0.2, -0.15) is 0 Å². The number of fused-ring (bicyclic) bond motifs is 3. The molecule has 204 valence electrons. The Morgan fingerprint density at radius 1 is 1.05 bits per heavy atom. The van der Waals surface area contributed by atoms with Crippen LogP contribution >= 0.6 is 43.6 Å². The summed E-state index contributed by atoms with van der Waals surface area (Å²) in [5.74, 6) is -0.669. The fourth-order valence-corrected chi connectivity index (χ4v) is 8.44. The van der Waals surface area contributed by atoms with E-state index in [1.54, 1.807) is 22.7 Å². The van der Waals surface area contributed by atoms with Crippen LogP contribution < -0.4 is 9.62 Å². The van der Waals surface area contributed by atoms with Crippen molar-refractivity contribution in [1.29, 1.82) is 0 Å².